The Bertz CT molecular complexity index is 926. The number of pyridine rings is 1. The molecule has 24 heavy (non-hydrogen) atoms. The standard InChI is InChI=1S/C15H17FN2O4S2/c1-3-10-18(14-7-5-4-6-13(14)16)24(21,22)12-8-9-15(17-11-12)23(2,19)20/h4-9,11H,3,10H2,1-2H3. The molecule has 1 aromatic heterocycles. The maximum absolute atomic E-state index is 14.0. The second kappa shape index (κ2) is 6.86. The molecule has 6 nitrogen and oxygen atoms in total. The molecule has 2 aromatic rings. The molecule has 0 bridgehead atoms. The predicted molar refractivity (Wildman–Crippen MR) is 88.6 cm³/mol. The molecule has 0 saturated carbocycles. The molecule has 1 aromatic carbocycles. The molecular weight excluding hydrogens is 355 g/mol. The van der Waals surface area contributed by atoms with Gasteiger partial charge in [0.2, 0.25) is 0 Å². The van der Waals surface area contributed by atoms with E-state index in [9.17, 15) is 21.2 Å². The molecule has 0 N–H and O–H groups in total. The van der Waals surface area contributed by atoms with Gasteiger partial charge in [-0.25, -0.2) is 26.2 Å². The highest BCUT2D eigenvalue weighted by molar-refractivity contribution is 7.93. The summed E-state index contributed by atoms with van der Waals surface area (Å²) >= 11 is 0. The molecule has 0 aliphatic heterocycles. The van der Waals surface area contributed by atoms with Gasteiger partial charge in [0, 0.05) is 19.0 Å². The molecule has 0 amide bonds. The highest BCUT2D eigenvalue weighted by Crippen LogP contribution is 2.26. The van der Waals surface area contributed by atoms with Crippen molar-refractivity contribution in [2.24, 2.45) is 0 Å². The lowest BCUT2D eigenvalue weighted by Gasteiger charge is -2.24. The number of hydrogen-bond donors (Lipinski definition) is 0. The summed E-state index contributed by atoms with van der Waals surface area (Å²) in [5.74, 6) is -0.657. The lowest BCUT2D eigenvalue weighted by molar-refractivity contribution is 0.582. The van der Waals surface area contributed by atoms with Crippen LogP contribution in [0.5, 0.6) is 0 Å². The van der Waals surface area contributed by atoms with Crippen molar-refractivity contribution < 1.29 is 21.2 Å². The third kappa shape index (κ3) is 3.73. The first-order valence-electron chi connectivity index (χ1n) is 7.11. The molecule has 9 heteroatoms. The van der Waals surface area contributed by atoms with Crippen LogP contribution in [0.25, 0.3) is 0 Å². The fourth-order valence-corrected chi connectivity index (χ4v) is 4.16. The highest BCUT2D eigenvalue weighted by atomic mass is 32.2. The molecule has 0 aliphatic rings. The van der Waals surface area contributed by atoms with Gasteiger partial charge in [0.1, 0.15) is 10.7 Å². The Labute approximate surface area is 140 Å². The summed E-state index contributed by atoms with van der Waals surface area (Å²) < 4.78 is 63.4. The van der Waals surface area contributed by atoms with E-state index in [2.05, 4.69) is 4.98 Å². The van der Waals surface area contributed by atoms with Crippen molar-refractivity contribution >= 4 is 25.5 Å². The Balaban J connectivity index is 2.51. The number of rotatable bonds is 6. The Hall–Kier alpha value is -2.00. The van der Waals surface area contributed by atoms with Gasteiger partial charge in [-0.15, -0.1) is 0 Å². The van der Waals surface area contributed by atoms with E-state index in [-0.39, 0.29) is 22.2 Å². The largest absolute Gasteiger partial charge is 0.265 e. The van der Waals surface area contributed by atoms with Crippen LogP contribution >= 0.6 is 0 Å². The number of nitrogens with zero attached hydrogens (tertiary/aromatic N) is 2. The molecule has 0 atom stereocenters. The van der Waals surface area contributed by atoms with E-state index in [0.717, 1.165) is 28.9 Å². The van der Waals surface area contributed by atoms with Gasteiger partial charge >= 0.3 is 0 Å². The van der Waals surface area contributed by atoms with Crippen LogP contribution < -0.4 is 4.31 Å². The predicted octanol–water partition coefficient (Wildman–Crippen LogP) is 2.23. The van der Waals surface area contributed by atoms with Crippen molar-refractivity contribution in [2.75, 3.05) is 17.1 Å². The van der Waals surface area contributed by atoms with Crippen LogP contribution in [-0.4, -0.2) is 34.6 Å². The zero-order valence-corrected chi connectivity index (χ0v) is 14.8. The molecule has 1 heterocycles. The molecule has 0 fully saturated rings. The normalized spacial score (nSPS) is 12.1. The van der Waals surface area contributed by atoms with Crippen molar-refractivity contribution in [1.29, 1.82) is 0 Å². The summed E-state index contributed by atoms with van der Waals surface area (Å²) in [4.78, 5) is 3.49. The minimum Gasteiger partial charge on any atom is -0.263 e. The maximum Gasteiger partial charge on any atom is 0.265 e. The Morgan fingerprint density at radius 1 is 1.08 bits per heavy atom. The van der Waals surface area contributed by atoms with Gasteiger partial charge in [-0.2, -0.15) is 0 Å². The van der Waals surface area contributed by atoms with E-state index in [1.165, 1.54) is 18.2 Å². The van der Waals surface area contributed by atoms with E-state index in [0.29, 0.717) is 6.42 Å². The number of para-hydroxylation sites is 1. The topological polar surface area (TPSA) is 84.4 Å². The minimum absolute atomic E-state index is 0.0634. The van der Waals surface area contributed by atoms with Crippen molar-refractivity contribution in [3.05, 3.63) is 48.4 Å². The van der Waals surface area contributed by atoms with Crippen LogP contribution in [-0.2, 0) is 19.9 Å². The second-order valence-corrected chi connectivity index (χ2v) is 8.96. The van der Waals surface area contributed by atoms with Crippen molar-refractivity contribution in [1.82, 2.24) is 4.98 Å². The molecule has 0 aliphatic carbocycles. The SMILES string of the molecule is CCCN(c1ccccc1F)S(=O)(=O)c1ccc(S(C)(=O)=O)nc1. The molecule has 2 rings (SSSR count). The fraction of sp³-hybridized carbons (Fsp3) is 0.267. The molecular formula is C15H17FN2O4S2. The summed E-state index contributed by atoms with van der Waals surface area (Å²) in [6, 6.07) is 7.84. The van der Waals surface area contributed by atoms with Gasteiger partial charge in [0.05, 0.1) is 5.69 Å². The lowest BCUT2D eigenvalue weighted by Crippen LogP contribution is -2.32. The van der Waals surface area contributed by atoms with E-state index in [1.807, 2.05) is 0 Å². The van der Waals surface area contributed by atoms with Crippen LogP contribution in [0.4, 0.5) is 10.1 Å². The number of anilines is 1. The summed E-state index contributed by atoms with van der Waals surface area (Å²) in [7, 11) is -7.60. The summed E-state index contributed by atoms with van der Waals surface area (Å²) in [6.45, 7) is 1.85. The average molecular weight is 372 g/mol. The summed E-state index contributed by atoms with van der Waals surface area (Å²) in [5, 5.41) is -0.227. The number of sulfone groups is 1. The number of sulfonamides is 1. The smallest absolute Gasteiger partial charge is 0.263 e. The number of halogens is 1. The third-order valence-electron chi connectivity index (χ3n) is 3.22. The molecule has 0 unspecified atom stereocenters. The van der Waals surface area contributed by atoms with Crippen molar-refractivity contribution in [3.63, 3.8) is 0 Å². The van der Waals surface area contributed by atoms with Crippen LogP contribution in [0.15, 0.2) is 52.5 Å². The van der Waals surface area contributed by atoms with E-state index in [1.54, 1.807) is 13.0 Å². The average Bonchev–Trinajstić information content (AvgIpc) is 2.53. The third-order valence-corrected chi connectivity index (χ3v) is 6.02. The fourth-order valence-electron chi connectivity index (χ4n) is 2.09. The van der Waals surface area contributed by atoms with Crippen LogP contribution in [0.2, 0.25) is 0 Å². The van der Waals surface area contributed by atoms with Gasteiger partial charge in [-0.05, 0) is 30.7 Å². The molecule has 130 valence electrons. The molecule has 0 radical (unpaired) electrons. The Morgan fingerprint density at radius 3 is 2.25 bits per heavy atom. The van der Waals surface area contributed by atoms with Crippen LogP contribution in [0, 0.1) is 5.82 Å². The monoisotopic (exact) mass is 372 g/mol. The Kier molecular flexibility index (Phi) is 5.24. The maximum atomic E-state index is 14.0. The Morgan fingerprint density at radius 2 is 1.75 bits per heavy atom. The lowest BCUT2D eigenvalue weighted by atomic mass is 10.3. The number of benzene rings is 1. The van der Waals surface area contributed by atoms with Gasteiger partial charge < -0.3 is 0 Å². The summed E-state index contributed by atoms with van der Waals surface area (Å²) in [5.41, 5.74) is -0.0634. The van der Waals surface area contributed by atoms with Crippen LogP contribution in [0.3, 0.4) is 0 Å². The second-order valence-electron chi connectivity index (χ2n) is 5.13. The van der Waals surface area contributed by atoms with Crippen molar-refractivity contribution in [2.45, 2.75) is 23.3 Å². The number of hydrogen-bond acceptors (Lipinski definition) is 5. The van der Waals surface area contributed by atoms with Gasteiger partial charge in [-0.1, -0.05) is 19.1 Å². The van der Waals surface area contributed by atoms with E-state index in [4.69, 9.17) is 0 Å². The van der Waals surface area contributed by atoms with E-state index >= 15 is 0 Å². The molecule has 0 saturated heterocycles. The minimum atomic E-state index is -4.07. The summed E-state index contributed by atoms with van der Waals surface area (Å²) in [6.07, 6.45) is 2.42. The van der Waals surface area contributed by atoms with E-state index < -0.39 is 25.7 Å². The first kappa shape index (κ1) is 18.3. The van der Waals surface area contributed by atoms with Gasteiger partial charge in [0.25, 0.3) is 10.0 Å². The highest BCUT2D eigenvalue weighted by Gasteiger charge is 2.27. The zero-order valence-electron chi connectivity index (χ0n) is 13.2. The molecule has 0 spiro atoms. The zero-order chi connectivity index (χ0) is 18.0. The van der Waals surface area contributed by atoms with Crippen molar-refractivity contribution in [3.8, 4) is 0 Å². The van der Waals surface area contributed by atoms with Gasteiger partial charge in [-0.3, -0.25) is 4.31 Å². The first-order chi connectivity index (χ1) is 11.2. The van der Waals surface area contributed by atoms with Crippen LogP contribution in [0.1, 0.15) is 13.3 Å². The quantitative estimate of drug-likeness (QED) is 0.776. The number of aromatic nitrogens is 1. The van der Waals surface area contributed by atoms with Gasteiger partial charge in [0.15, 0.2) is 14.9 Å². The first-order valence-corrected chi connectivity index (χ1v) is 10.4.